The molecule has 1 aromatic heterocycles. The minimum atomic E-state index is -0.180. The van der Waals surface area contributed by atoms with Gasteiger partial charge >= 0.3 is 0 Å². The Kier molecular flexibility index (Phi) is 8.45. The number of ether oxygens (including phenoxy) is 2. The van der Waals surface area contributed by atoms with Gasteiger partial charge in [0.25, 0.3) is 5.56 Å². The molecule has 0 fully saturated rings. The van der Waals surface area contributed by atoms with Gasteiger partial charge in [-0.3, -0.25) is 4.79 Å². The lowest BCUT2D eigenvalue weighted by molar-refractivity contribution is 0.203. The fraction of sp³-hybridized carbons (Fsp3) is 0.400. The number of aromatic nitrogens is 2. The number of hydrogen-bond acceptors (Lipinski definition) is 5. The molecular weight excluding hydrogens is 470 g/mol. The average molecular weight is 500 g/mol. The minimum absolute atomic E-state index is 0.0939. The average Bonchev–Trinajstić information content (AvgIpc) is 2.79. The van der Waals surface area contributed by atoms with E-state index in [2.05, 4.69) is 34.9 Å². The van der Waals surface area contributed by atoms with Gasteiger partial charge in [0.2, 0.25) is 0 Å². The first-order valence-electron chi connectivity index (χ1n) is 11.2. The summed E-state index contributed by atoms with van der Waals surface area (Å²) in [5, 5.41) is 5.05. The Balaban J connectivity index is 2.02. The molecule has 3 rings (SSSR count). The molecule has 0 aliphatic heterocycles. The number of unbranched alkanes of at least 4 members (excludes halogenated alkanes) is 1. The van der Waals surface area contributed by atoms with E-state index in [1.807, 2.05) is 44.2 Å². The van der Waals surface area contributed by atoms with Crippen molar-refractivity contribution in [2.75, 3.05) is 6.61 Å². The Morgan fingerprint density at radius 1 is 1.16 bits per heavy atom. The predicted octanol–water partition coefficient (Wildman–Crippen LogP) is 5.96. The summed E-state index contributed by atoms with van der Waals surface area (Å²) in [4.78, 5) is 17.9. The highest BCUT2D eigenvalue weighted by molar-refractivity contribution is 9.10. The normalized spacial score (nSPS) is 12.4. The van der Waals surface area contributed by atoms with E-state index in [0.717, 1.165) is 29.3 Å². The maximum atomic E-state index is 13.2. The SMILES string of the molecule is CCCCc1nc2ccc(Br)cc2c(=O)n1N=Cc1ccc(O[C@@H](C)CC)c(OCC)c1. The van der Waals surface area contributed by atoms with Gasteiger partial charge in [0.15, 0.2) is 11.5 Å². The Morgan fingerprint density at radius 3 is 2.69 bits per heavy atom. The summed E-state index contributed by atoms with van der Waals surface area (Å²) in [7, 11) is 0. The Morgan fingerprint density at radius 2 is 1.97 bits per heavy atom. The minimum Gasteiger partial charge on any atom is -0.490 e. The van der Waals surface area contributed by atoms with Crippen LogP contribution in [0.1, 0.15) is 58.3 Å². The number of fused-ring (bicyclic) bond motifs is 1. The first-order valence-corrected chi connectivity index (χ1v) is 11.9. The molecule has 0 N–H and O–H groups in total. The molecule has 3 aromatic rings. The van der Waals surface area contributed by atoms with Crippen LogP contribution >= 0.6 is 15.9 Å². The summed E-state index contributed by atoms with van der Waals surface area (Å²) in [6, 6.07) is 11.2. The van der Waals surface area contributed by atoms with E-state index in [1.165, 1.54) is 4.68 Å². The van der Waals surface area contributed by atoms with Crippen molar-refractivity contribution in [2.24, 2.45) is 5.10 Å². The second kappa shape index (κ2) is 11.3. The third kappa shape index (κ3) is 5.76. The Hall–Kier alpha value is -2.67. The maximum absolute atomic E-state index is 13.2. The van der Waals surface area contributed by atoms with Crippen molar-refractivity contribution in [3.63, 3.8) is 0 Å². The molecule has 0 radical (unpaired) electrons. The van der Waals surface area contributed by atoms with Gasteiger partial charge in [0, 0.05) is 10.9 Å². The van der Waals surface area contributed by atoms with Crippen molar-refractivity contribution >= 4 is 33.0 Å². The van der Waals surface area contributed by atoms with E-state index >= 15 is 0 Å². The highest BCUT2D eigenvalue weighted by Crippen LogP contribution is 2.29. The molecule has 0 unspecified atom stereocenters. The number of halogens is 1. The van der Waals surface area contributed by atoms with Crippen LogP contribution in [0.4, 0.5) is 0 Å². The van der Waals surface area contributed by atoms with Gasteiger partial charge < -0.3 is 9.47 Å². The molecule has 2 aromatic carbocycles. The molecule has 1 atom stereocenters. The number of benzene rings is 2. The van der Waals surface area contributed by atoms with Crippen LogP contribution in [0, 0.1) is 0 Å². The van der Waals surface area contributed by atoms with Crippen LogP contribution < -0.4 is 15.0 Å². The van der Waals surface area contributed by atoms with Crippen molar-refractivity contribution in [1.82, 2.24) is 9.66 Å². The van der Waals surface area contributed by atoms with Crippen LogP contribution in [0.2, 0.25) is 0 Å². The zero-order chi connectivity index (χ0) is 23.1. The molecule has 0 aliphatic rings. The summed E-state index contributed by atoms with van der Waals surface area (Å²) < 4.78 is 14.0. The summed E-state index contributed by atoms with van der Waals surface area (Å²) in [5.41, 5.74) is 1.31. The van der Waals surface area contributed by atoms with E-state index in [4.69, 9.17) is 14.5 Å². The van der Waals surface area contributed by atoms with Crippen molar-refractivity contribution in [2.45, 2.75) is 59.5 Å². The lowest BCUT2D eigenvalue weighted by Crippen LogP contribution is -2.22. The smallest absolute Gasteiger partial charge is 0.282 e. The monoisotopic (exact) mass is 499 g/mol. The van der Waals surface area contributed by atoms with E-state index < -0.39 is 0 Å². The lowest BCUT2D eigenvalue weighted by Gasteiger charge is -2.16. The van der Waals surface area contributed by atoms with Crippen molar-refractivity contribution in [3.05, 3.63) is 62.6 Å². The van der Waals surface area contributed by atoms with Crippen molar-refractivity contribution < 1.29 is 9.47 Å². The zero-order valence-corrected chi connectivity index (χ0v) is 20.7. The molecular formula is C25H30BrN3O3. The topological polar surface area (TPSA) is 65.7 Å². The first-order chi connectivity index (χ1) is 15.5. The van der Waals surface area contributed by atoms with E-state index in [0.29, 0.717) is 41.3 Å². The zero-order valence-electron chi connectivity index (χ0n) is 19.1. The summed E-state index contributed by atoms with van der Waals surface area (Å²) in [6.45, 7) is 8.69. The lowest BCUT2D eigenvalue weighted by atomic mass is 10.2. The van der Waals surface area contributed by atoms with Crippen LogP contribution in [0.25, 0.3) is 10.9 Å². The van der Waals surface area contributed by atoms with Gasteiger partial charge in [-0.05, 0) is 68.7 Å². The number of hydrogen-bond donors (Lipinski definition) is 0. The van der Waals surface area contributed by atoms with Crippen LogP contribution in [-0.2, 0) is 6.42 Å². The molecule has 32 heavy (non-hydrogen) atoms. The summed E-state index contributed by atoms with van der Waals surface area (Å²) >= 11 is 3.44. The highest BCUT2D eigenvalue weighted by Gasteiger charge is 2.12. The summed E-state index contributed by atoms with van der Waals surface area (Å²) in [6.07, 6.45) is 5.28. The van der Waals surface area contributed by atoms with Crippen LogP contribution in [-0.4, -0.2) is 28.6 Å². The van der Waals surface area contributed by atoms with Crippen molar-refractivity contribution in [1.29, 1.82) is 0 Å². The maximum Gasteiger partial charge on any atom is 0.282 e. The third-order valence-electron chi connectivity index (χ3n) is 5.12. The van der Waals surface area contributed by atoms with Gasteiger partial charge in [-0.2, -0.15) is 9.78 Å². The van der Waals surface area contributed by atoms with Gasteiger partial charge in [-0.1, -0.05) is 36.2 Å². The molecule has 0 saturated carbocycles. The van der Waals surface area contributed by atoms with E-state index in [-0.39, 0.29) is 11.7 Å². The van der Waals surface area contributed by atoms with E-state index in [1.54, 1.807) is 12.3 Å². The fourth-order valence-electron chi connectivity index (χ4n) is 3.21. The quantitative estimate of drug-likeness (QED) is 0.322. The molecule has 170 valence electrons. The molecule has 0 bridgehead atoms. The van der Waals surface area contributed by atoms with Gasteiger partial charge in [-0.15, -0.1) is 0 Å². The standard InChI is InChI=1S/C25H30BrN3O3/c1-5-8-9-24-28-21-12-11-19(26)15-20(21)25(30)29(24)27-16-18-10-13-22(32-17(4)6-2)23(14-18)31-7-3/h10-17H,5-9H2,1-4H3/t17-/m0/s1. The third-order valence-corrected chi connectivity index (χ3v) is 5.62. The molecule has 0 amide bonds. The largest absolute Gasteiger partial charge is 0.490 e. The molecule has 0 aliphatic carbocycles. The van der Waals surface area contributed by atoms with Crippen LogP contribution in [0.5, 0.6) is 11.5 Å². The number of rotatable bonds is 10. The van der Waals surface area contributed by atoms with Crippen LogP contribution in [0.3, 0.4) is 0 Å². The number of nitrogens with zero attached hydrogens (tertiary/aromatic N) is 3. The Labute approximate surface area is 197 Å². The molecule has 7 heteroatoms. The molecule has 0 spiro atoms. The van der Waals surface area contributed by atoms with Gasteiger partial charge in [0.1, 0.15) is 5.82 Å². The fourth-order valence-corrected chi connectivity index (χ4v) is 3.57. The van der Waals surface area contributed by atoms with Crippen LogP contribution in [0.15, 0.2) is 50.8 Å². The molecule has 0 saturated heterocycles. The van der Waals surface area contributed by atoms with Crippen molar-refractivity contribution in [3.8, 4) is 11.5 Å². The molecule has 1 heterocycles. The van der Waals surface area contributed by atoms with Gasteiger partial charge in [0.05, 0.1) is 29.8 Å². The predicted molar refractivity (Wildman–Crippen MR) is 133 cm³/mol. The van der Waals surface area contributed by atoms with E-state index in [9.17, 15) is 4.79 Å². The molecule has 6 nitrogen and oxygen atoms in total. The second-order valence-corrected chi connectivity index (χ2v) is 8.55. The Bertz CT molecular complexity index is 1160. The number of aryl methyl sites for hydroxylation is 1. The van der Waals surface area contributed by atoms with Gasteiger partial charge in [-0.25, -0.2) is 4.98 Å². The second-order valence-electron chi connectivity index (χ2n) is 7.63. The summed E-state index contributed by atoms with van der Waals surface area (Å²) in [5.74, 6) is 2.02. The highest BCUT2D eigenvalue weighted by atomic mass is 79.9. The first kappa shape index (κ1) is 24.0.